The Kier molecular flexibility index (Phi) is 4.34. The van der Waals surface area contributed by atoms with Crippen molar-refractivity contribution in [2.45, 2.75) is 32.8 Å². The fourth-order valence-electron chi connectivity index (χ4n) is 2.94. The minimum Gasteiger partial charge on any atom is -0.395 e. The fourth-order valence-corrected chi connectivity index (χ4v) is 2.94. The molecular weight excluding hydrogens is 212 g/mol. The number of aliphatic hydroxyl groups excluding tert-OH is 2. The number of hydrogen-bond acceptors (Lipinski definition) is 2. The van der Waals surface area contributed by atoms with Crippen LogP contribution in [0.1, 0.15) is 26.7 Å². The molecule has 1 rings (SSSR count). The highest BCUT2D eigenvalue weighted by Gasteiger charge is 2.47. The molecule has 0 bridgehead atoms. The summed E-state index contributed by atoms with van der Waals surface area (Å²) < 4.78 is 0. The smallest absolute Gasteiger partial charge is 0.0664 e. The highest BCUT2D eigenvalue weighted by Crippen LogP contribution is 2.48. The summed E-state index contributed by atoms with van der Waals surface area (Å²) in [6.07, 6.45) is 2.65. The zero-order valence-corrected chi connectivity index (χ0v) is 10.9. The Morgan fingerprint density at radius 3 is 2.24 bits per heavy atom. The van der Waals surface area contributed by atoms with Crippen LogP contribution in [0.25, 0.3) is 0 Å². The Balaban J connectivity index is 3.10. The Morgan fingerprint density at radius 1 is 1.29 bits per heavy atom. The first-order chi connectivity index (χ1) is 7.89. The van der Waals surface area contributed by atoms with Crippen molar-refractivity contribution in [2.24, 2.45) is 17.3 Å². The van der Waals surface area contributed by atoms with Gasteiger partial charge in [-0.2, -0.15) is 0 Å². The third-order valence-electron chi connectivity index (χ3n) is 4.24. The summed E-state index contributed by atoms with van der Waals surface area (Å²) in [6.45, 7) is 15.6. The summed E-state index contributed by atoms with van der Waals surface area (Å²) in [7, 11) is 0. The molecule has 0 amide bonds. The van der Waals surface area contributed by atoms with Gasteiger partial charge in [0.15, 0.2) is 0 Å². The Morgan fingerprint density at radius 2 is 1.88 bits per heavy atom. The summed E-state index contributed by atoms with van der Waals surface area (Å²) in [6, 6.07) is 0. The van der Waals surface area contributed by atoms with Crippen molar-refractivity contribution < 1.29 is 10.2 Å². The maximum Gasteiger partial charge on any atom is 0.0664 e. The van der Waals surface area contributed by atoms with E-state index in [2.05, 4.69) is 19.7 Å². The van der Waals surface area contributed by atoms with Crippen LogP contribution in [0.4, 0.5) is 0 Å². The zero-order valence-electron chi connectivity index (χ0n) is 10.9. The first-order valence-corrected chi connectivity index (χ1v) is 6.12. The van der Waals surface area contributed by atoms with E-state index in [1.165, 1.54) is 0 Å². The van der Waals surface area contributed by atoms with Crippen molar-refractivity contribution in [3.05, 3.63) is 37.0 Å². The maximum absolute atomic E-state index is 10.3. The quantitative estimate of drug-likeness (QED) is 0.737. The van der Waals surface area contributed by atoms with Crippen molar-refractivity contribution in [3.8, 4) is 0 Å². The van der Waals surface area contributed by atoms with Crippen molar-refractivity contribution in [2.75, 3.05) is 6.61 Å². The normalized spacial score (nSPS) is 37.5. The number of allylic oxidation sites excluding steroid dienone is 2. The molecule has 0 saturated heterocycles. The summed E-state index contributed by atoms with van der Waals surface area (Å²) >= 11 is 0. The molecular formula is C15H24O2. The lowest BCUT2D eigenvalue weighted by molar-refractivity contribution is -0.0548. The van der Waals surface area contributed by atoms with E-state index in [1.54, 1.807) is 6.08 Å². The molecule has 0 heterocycles. The zero-order chi connectivity index (χ0) is 13.2. The topological polar surface area (TPSA) is 40.5 Å². The molecule has 1 saturated carbocycles. The van der Waals surface area contributed by atoms with Gasteiger partial charge < -0.3 is 10.2 Å². The van der Waals surface area contributed by atoms with Gasteiger partial charge in [0, 0.05) is 5.41 Å². The lowest BCUT2D eigenvalue weighted by Crippen LogP contribution is -2.49. The Labute approximate surface area is 104 Å². The molecule has 0 aromatic heterocycles. The van der Waals surface area contributed by atoms with Crippen LogP contribution in [0.2, 0.25) is 0 Å². The van der Waals surface area contributed by atoms with Crippen molar-refractivity contribution in [1.82, 2.24) is 0 Å². The molecule has 4 unspecified atom stereocenters. The molecule has 1 aliphatic rings. The predicted molar refractivity (Wildman–Crippen MR) is 71.6 cm³/mol. The lowest BCUT2D eigenvalue weighted by atomic mass is 9.59. The second-order valence-corrected chi connectivity index (χ2v) is 5.40. The molecule has 1 aliphatic carbocycles. The van der Waals surface area contributed by atoms with E-state index in [0.717, 1.165) is 17.6 Å². The Bertz CT molecular complexity index is 332. The van der Waals surface area contributed by atoms with Gasteiger partial charge in [0.2, 0.25) is 0 Å². The van der Waals surface area contributed by atoms with Crippen LogP contribution in [-0.4, -0.2) is 22.9 Å². The monoisotopic (exact) mass is 236 g/mol. The number of rotatable bonds is 4. The molecule has 2 N–H and O–H groups in total. The molecule has 2 heteroatoms. The summed E-state index contributed by atoms with van der Waals surface area (Å²) in [5.41, 5.74) is 1.44. The van der Waals surface area contributed by atoms with Crippen LogP contribution in [0, 0.1) is 17.3 Å². The van der Waals surface area contributed by atoms with Gasteiger partial charge in [-0.05, 0) is 38.5 Å². The van der Waals surface area contributed by atoms with Crippen LogP contribution in [0.3, 0.4) is 0 Å². The molecule has 4 atom stereocenters. The molecule has 96 valence electrons. The average molecular weight is 236 g/mol. The largest absolute Gasteiger partial charge is 0.395 e. The van der Waals surface area contributed by atoms with E-state index < -0.39 is 11.5 Å². The van der Waals surface area contributed by atoms with E-state index in [1.807, 2.05) is 13.8 Å². The molecule has 2 nitrogen and oxygen atoms in total. The fraction of sp³-hybridized carbons (Fsp3) is 0.600. The Hall–Kier alpha value is -0.860. The van der Waals surface area contributed by atoms with Gasteiger partial charge in [-0.15, -0.1) is 6.58 Å². The molecule has 0 aromatic rings. The summed E-state index contributed by atoms with van der Waals surface area (Å²) in [5, 5.41) is 20.0. The van der Waals surface area contributed by atoms with Gasteiger partial charge >= 0.3 is 0 Å². The average Bonchev–Trinajstić information content (AvgIpc) is 2.28. The number of aliphatic hydroxyl groups is 2. The molecule has 0 spiro atoms. The first-order valence-electron chi connectivity index (χ1n) is 6.12. The lowest BCUT2D eigenvalue weighted by Gasteiger charge is -2.48. The van der Waals surface area contributed by atoms with Crippen LogP contribution in [0.15, 0.2) is 37.0 Å². The summed E-state index contributed by atoms with van der Waals surface area (Å²) in [5.74, 6) is 0.363. The van der Waals surface area contributed by atoms with Crippen molar-refractivity contribution in [3.63, 3.8) is 0 Å². The van der Waals surface area contributed by atoms with E-state index in [4.69, 9.17) is 0 Å². The molecule has 0 aliphatic heterocycles. The van der Waals surface area contributed by atoms with E-state index >= 15 is 0 Å². The molecule has 0 aromatic carbocycles. The van der Waals surface area contributed by atoms with Crippen LogP contribution in [-0.2, 0) is 0 Å². The van der Waals surface area contributed by atoms with E-state index in [-0.39, 0.29) is 12.5 Å². The molecule has 17 heavy (non-hydrogen) atoms. The predicted octanol–water partition coefficient (Wildman–Crippen LogP) is 2.69. The van der Waals surface area contributed by atoms with Gasteiger partial charge in [-0.1, -0.05) is 30.4 Å². The SMILES string of the molecule is C=CC1(CO)C(O)CC(C(=C)C)CC1C(=C)C. The van der Waals surface area contributed by atoms with E-state index in [9.17, 15) is 10.2 Å². The molecule has 1 fully saturated rings. The standard InChI is InChI=1S/C15H24O2/c1-6-15(9-16)13(11(4)5)7-12(10(2)3)8-14(15)17/h6,12-14,16-17H,1-2,4,7-9H2,3,5H3. The number of hydrogen-bond donors (Lipinski definition) is 2. The second kappa shape index (κ2) is 5.19. The first kappa shape index (κ1) is 14.2. The molecule has 0 radical (unpaired) electrons. The minimum atomic E-state index is -0.641. The van der Waals surface area contributed by atoms with Crippen LogP contribution >= 0.6 is 0 Å². The van der Waals surface area contributed by atoms with Gasteiger partial charge in [-0.25, -0.2) is 0 Å². The van der Waals surface area contributed by atoms with E-state index in [0.29, 0.717) is 12.3 Å². The van der Waals surface area contributed by atoms with Gasteiger partial charge in [0.1, 0.15) is 0 Å². The van der Waals surface area contributed by atoms with Gasteiger partial charge in [0.25, 0.3) is 0 Å². The van der Waals surface area contributed by atoms with Crippen LogP contribution in [0.5, 0.6) is 0 Å². The highest BCUT2D eigenvalue weighted by molar-refractivity contribution is 5.19. The van der Waals surface area contributed by atoms with Crippen molar-refractivity contribution in [1.29, 1.82) is 0 Å². The highest BCUT2D eigenvalue weighted by atomic mass is 16.3. The van der Waals surface area contributed by atoms with Gasteiger partial charge in [0.05, 0.1) is 12.7 Å². The minimum absolute atomic E-state index is 0.0652. The second-order valence-electron chi connectivity index (χ2n) is 5.40. The van der Waals surface area contributed by atoms with Crippen molar-refractivity contribution >= 4 is 0 Å². The maximum atomic E-state index is 10.3. The summed E-state index contributed by atoms with van der Waals surface area (Å²) in [4.78, 5) is 0. The third-order valence-corrected chi connectivity index (χ3v) is 4.24. The van der Waals surface area contributed by atoms with Gasteiger partial charge in [-0.3, -0.25) is 0 Å². The third kappa shape index (κ3) is 2.38. The van der Waals surface area contributed by atoms with Crippen LogP contribution < -0.4 is 0 Å².